The first-order valence-corrected chi connectivity index (χ1v) is 8.67. The van der Waals surface area contributed by atoms with Crippen LogP contribution in [-0.4, -0.2) is 55.2 Å². The number of amides is 2. The summed E-state index contributed by atoms with van der Waals surface area (Å²) in [7, 11) is 0. The molecule has 0 radical (unpaired) electrons. The van der Waals surface area contributed by atoms with E-state index in [0.29, 0.717) is 24.6 Å². The molecular formula is C18H22N2O4. The molecular weight excluding hydrogens is 308 g/mol. The minimum Gasteiger partial charge on any atom is -0.482 e. The Balaban J connectivity index is 1.52. The van der Waals surface area contributed by atoms with Gasteiger partial charge in [0.05, 0.1) is 24.4 Å². The topological polar surface area (TPSA) is 59.1 Å². The lowest BCUT2D eigenvalue weighted by Crippen LogP contribution is -2.57. The molecule has 128 valence electrons. The largest absolute Gasteiger partial charge is 0.482 e. The number of ether oxygens (including phenoxy) is 2. The minimum absolute atomic E-state index is 0.000234. The molecule has 2 amide bonds. The zero-order valence-corrected chi connectivity index (χ0v) is 13.6. The molecule has 1 aromatic carbocycles. The molecule has 2 atom stereocenters. The quantitative estimate of drug-likeness (QED) is 0.826. The molecule has 2 aliphatic heterocycles. The van der Waals surface area contributed by atoms with Gasteiger partial charge in [-0.2, -0.15) is 0 Å². The van der Waals surface area contributed by atoms with E-state index in [1.807, 2.05) is 29.2 Å². The summed E-state index contributed by atoms with van der Waals surface area (Å²) in [5, 5.41) is 0. The van der Waals surface area contributed by atoms with Crippen molar-refractivity contribution in [2.75, 3.05) is 31.2 Å². The molecule has 1 saturated heterocycles. The van der Waals surface area contributed by atoms with E-state index in [0.717, 1.165) is 19.3 Å². The van der Waals surface area contributed by atoms with Gasteiger partial charge in [-0.15, -0.1) is 0 Å². The first-order valence-electron chi connectivity index (χ1n) is 8.67. The number of hydrogen-bond acceptors (Lipinski definition) is 4. The van der Waals surface area contributed by atoms with E-state index in [1.54, 1.807) is 4.90 Å². The van der Waals surface area contributed by atoms with Crippen LogP contribution in [-0.2, 0) is 14.3 Å². The van der Waals surface area contributed by atoms with Gasteiger partial charge in [-0.3, -0.25) is 14.5 Å². The fraction of sp³-hybridized carbons (Fsp3) is 0.556. The summed E-state index contributed by atoms with van der Waals surface area (Å²) < 4.78 is 11.3. The highest BCUT2D eigenvalue weighted by atomic mass is 16.5. The van der Waals surface area contributed by atoms with Crippen molar-refractivity contribution in [1.29, 1.82) is 0 Å². The number of benzene rings is 1. The van der Waals surface area contributed by atoms with Gasteiger partial charge in [-0.25, -0.2) is 0 Å². The van der Waals surface area contributed by atoms with Gasteiger partial charge < -0.3 is 14.4 Å². The molecule has 2 heterocycles. The van der Waals surface area contributed by atoms with Crippen LogP contribution in [0.1, 0.15) is 25.7 Å². The highest BCUT2D eigenvalue weighted by Gasteiger charge is 2.38. The number of anilines is 1. The first kappa shape index (κ1) is 15.4. The summed E-state index contributed by atoms with van der Waals surface area (Å²) in [6.07, 6.45) is 4.47. The summed E-state index contributed by atoms with van der Waals surface area (Å²) >= 11 is 0. The average molecular weight is 330 g/mol. The van der Waals surface area contributed by atoms with Crippen molar-refractivity contribution in [3.05, 3.63) is 24.3 Å². The molecule has 4 rings (SSSR count). The standard InChI is InChI=1S/C18H22N2O4/c21-17(19-9-10-23-15-7-3-1-5-13(15)19)11-20-14-6-2-4-8-16(14)24-12-18(20)22/h2,4,6,8,13,15H,1,3,5,7,9-12H2/t13-,15-/m0/s1. The number of carbonyl (C=O) groups excluding carboxylic acids is 2. The van der Waals surface area contributed by atoms with E-state index in [2.05, 4.69) is 0 Å². The van der Waals surface area contributed by atoms with Crippen LogP contribution in [0.3, 0.4) is 0 Å². The predicted molar refractivity (Wildman–Crippen MR) is 88.0 cm³/mol. The molecule has 24 heavy (non-hydrogen) atoms. The second-order valence-corrected chi connectivity index (χ2v) is 6.58. The van der Waals surface area contributed by atoms with Crippen LogP contribution in [0.15, 0.2) is 24.3 Å². The maximum atomic E-state index is 12.9. The SMILES string of the molecule is O=C1COc2ccccc2N1CC(=O)N1CCO[C@H]2CCCC[C@@H]21. The Morgan fingerprint density at radius 2 is 2.04 bits per heavy atom. The molecule has 6 heteroatoms. The van der Waals surface area contributed by atoms with Gasteiger partial charge in [0.25, 0.3) is 5.91 Å². The fourth-order valence-corrected chi connectivity index (χ4v) is 3.96. The molecule has 1 aromatic rings. The summed E-state index contributed by atoms with van der Waals surface area (Å²) in [5.41, 5.74) is 0.676. The Bertz CT molecular complexity index is 646. The summed E-state index contributed by atoms with van der Waals surface area (Å²) in [6.45, 7) is 1.25. The highest BCUT2D eigenvalue weighted by molar-refractivity contribution is 6.02. The van der Waals surface area contributed by atoms with Crippen molar-refractivity contribution in [1.82, 2.24) is 4.90 Å². The van der Waals surface area contributed by atoms with Gasteiger partial charge in [0, 0.05) is 6.54 Å². The van der Waals surface area contributed by atoms with Crippen LogP contribution in [0, 0.1) is 0 Å². The molecule has 0 spiro atoms. The lowest BCUT2D eigenvalue weighted by molar-refractivity contribution is -0.148. The fourth-order valence-electron chi connectivity index (χ4n) is 3.96. The third kappa shape index (κ3) is 2.75. The number of hydrogen-bond donors (Lipinski definition) is 0. The molecule has 0 aromatic heterocycles. The summed E-state index contributed by atoms with van der Waals surface area (Å²) in [6, 6.07) is 7.52. The minimum atomic E-state index is -0.171. The molecule has 1 aliphatic carbocycles. The molecule has 0 N–H and O–H groups in total. The van der Waals surface area contributed by atoms with Crippen molar-refractivity contribution in [3.63, 3.8) is 0 Å². The molecule has 0 bridgehead atoms. The van der Waals surface area contributed by atoms with E-state index in [4.69, 9.17) is 9.47 Å². The summed E-state index contributed by atoms with van der Waals surface area (Å²) in [4.78, 5) is 28.7. The third-order valence-electron chi connectivity index (χ3n) is 5.15. The van der Waals surface area contributed by atoms with Crippen LogP contribution in [0.5, 0.6) is 5.75 Å². The van der Waals surface area contributed by atoms with Crippen molar-refractivity contribution >= 4 is 17.5 Å². The van der Waals surface area contributed by atoms with Gasteiger partial charge in [-0.1, -0.05) is 25.0 Å². The number of morpholine rings is 1. The average Bonchev–Trinajstić information content (AvgIpc) is 2.63. The van der Waals surface area contributed by atoms with E-state index in [1.165, 1.54) is 6.42 Å². The van der Waals surface area contributed by atoms with Gasteiger partial charge >= 0.3 is 0 Å². The Labute approximate surface area is 141 Å². The van der Waals surface area contributed by atoms with Crippen molar-refractivity contribution in [3.8, 4) is 5.75 Å². The molecule has 3 aliphatic rings. The van der Waals surface area contributed by atoms with Crippen molar-refractivity contribution in [2.24, 2.45) is 0 Å². The normalized spacial score (nSPS) is 26.4. The number of nitrogens with zero attached hydrogens (tertiary/aromatic N) is 2. The summed E-state index contributed by atoms with van der Waals surface area (Å²) in [5.74, 6) is 0.484. The van der Waals surface area contributed by atoms with Crippen LogP contribution in [0.25, 0.3) is 0 Å². The van der Waals surface area contributed by atoms with Crippen LogP contribution < -0.4 is 9.64 Å². The zero-order chi connectivity index (χ0) is 16.5. The second-order valence-electron chi connectivity index (χ2n) is 6.58. The number of carbonyl (C=O) groups is 2. The maximum absolute atomic E-state index is 12.9. The smallest absolute Gasteiger partial charge is 0.265 e. The van der Waals surface area contributed by atoms with Gasteiger partial charge in [0.15, 0.2) is 6.61 Å². The third-order valence-corrected chi connectivity index (χ3v) is 5.15. The van der Waals surface area contributed by atoms with Gasteiger partial charge in [0.1, 0.15) is 12.3 Å². The number of rotatable bonds is 2. The Hall–Kier alpha value is -2.08. The molecule has 0 unspecified atom stereocenters. The molecule has 1 saturated carbocycles. The lowest BCUT2D eigenvalue weighted by Gasteiger charge is -2.44. The predicted octanol–water partition coefficient (Wildman–Crippen LogP) is 1.58. The van der Waals surface area contributed by atoms with Crippen molar-refractivity contribution in [2.45, 2.75) is 37.8 Å². The highest BCUT2D eigenvalue weighted by Crippen LogP contribution is 2.32. The monoisotopic (exact) mass is 330 g/mol. The maximum Gasteiger partial charge on any atom is 0.265 e. The Morgan fingerprint density at radius 3 is 2.96 bits per heavy atom. The van der Waals surface area contributed by atoms with Crippen LogP contribution in [0.2, 0.25) is 0 Å². The Morgan fingerprint density at radius 1 is 1.21 bits per heavy atom. The van der Waals surface area contributed by atoms with Crippen LogP contribution >= 0.6 is 0 Å². The van der Waals surface area contributed by atoms with Gasteiger partial charge in [-0.05, 0) is 25.0 Å². The second kappa shape index (κ2) is 6.43. The van der Waals surface area contributed by atoms with E-state index in [9.17, 15) is 9.59 Å². The van der Waals surface area contributed by atoms with Crippen LogP contribution in [0.4, 0.5) is 5.69 Å². The zero-order valence-electron chi connectivity index (χ0n) is 13.6. The lowest BCUT2D eigenvalue weighted by atomic mass is 9.90. The van der Waals surface area contributed by atoms with Gasteiger partial charge in [0.2, 0.25) is 5.91 Å². The van der Waals surface area contributed by atoms with Crippen molar-refractivity contribution < 1.29 is 19.1 Å². The Kier molecular flexibility index (Phi) is 4.14. The van der Waals surface area contributed by atoms with E-state index < -0.39 is 0 Å². The molecule has 2 fully saturated rings. The molecule has 6 nitrogen and oxygen atoms in total. The number of fused-ring (bicyclic) bond motifs is 2. The van der Waals surface area contributed by atoms with E-state index in [-0.39, 0.29) is 37.1 Å². The van der Waals surface area contributed by atoms with E-state index >= 15 is 0 Å². The first-order chi connectivity index (χ1) is 11.7. The number of para-hydroxylation sites is 2.